The van der Waals surface area contributed by atoms with Crippen LogP contribution in [0.1, 0.15) is 24.2 Å². The van der Waals surface area contributed by atoms with Gasteiger partial charge in [-0.25, -0.2) is 9.97 Å². The lowest BCUT2D eigenvalue weighted by atomic mass is 10.2. The van der Waals surface area contributed by atoms with Gasteiger partial charge >= 0.3 is 0 Å². The van der Waals surface area contributed by atoms with Gasteiger partial charge in [-0.3, -0.25) is 9.89 Å². The smallest absolute Gasteiger partial charge is 0.224 e. The van der Waals surface area contributed by atoms with Gasteiger partial charge < -0.3 is 14.2 Å². The highest BCUT2D eigenvalue weighted by Crippen LogP contribution is 2.20. The number of hydrogen-bond donors (Lipinski definition) is 1. The molecule has 0 saturated carbocycles. The lowest BCUT2D eigenvalue weighted by Crippen LogP contribution is -2.42. The largest absolute Gasteiger partial charge is 0.366 e. The van der Waals surface area contributed by atoms with Gasteiger partial charge in [0.1, 0.15) is 11.9 Å². The number of nitrogens with one attached hydrogen (secondary N) is 1. The summed E-state index contributed by atoms with van der Waals surface area (Å²) in [6, 6.07) is 7.93. The summed E-state index contributed by atoms with van der Waals surface area (Å²) in [6.45, 7) is 4.04. The molecule has 0 spiro atoms. The number of carbonyl (C=O) groups excluding carboxylic acids is 1. The number of carbonyl (C=O) groups is 1. The average Bonchev–Trinajstić information content (AvgIpc) is 3.26. The fourth-order valence-electron chi connectivity index (χ4n) is 3.10. The van der Waals surface area contributed by atoms with E-state index in [2.05, 4.69) is 20.2 Å². The molecule has 1 fully saturated rings. The number of benzene rings is 1. The van der Waals surface area contributed by atoms with E-state index in [4.69, 9.17) is 4.74 Å². The van der Waals surface area contributed by atoms with Crippen molar-refractivity contribution in [3.05, 3.63) is 42.2 Å². The summed E-state index contributed by atoms with van der Waals surface area (Å²) in [4.78, 5) is 23.1. The number of ether oxygens (including phenoxy) is 1. The summed E-state index contributed by atoms with van der Waals surface area (Å²) in [5, 5.41) is 6.96. The van der Waals surface area contributed by atoms with Crippen molar-refractivity contribution in [1.82, 2.24) is 29.6 Å². The molecule has 1 atom stereocenters. The average molecular weight is 340 g/mol. The van der Waals surface area contributed by atoms with E-state index in [-0.39, 0.29) is 12.0 Å². The van der Waals surface area contributed by atoms with Crippen molar-refractivity contribution in [3.8, 4) is 0 Å². The molecule has 1 aliphatic rings. The zero-order valence-electron chi connectivity index (χ0n) is 14.1. The van der Waals surface area contributed by atoms with Crippen molar-refractivity contribution in [2.24, 2.45) is 0 Å². The number of H-pyrrole nitrogens is 1. The highest BCUT2D eigenvalue weighted by Gasteiger charge is 2.27. The van der Waals surface area contributed by atoms with Crippen LogP contribution in [0.15, 0.2) is 30.6 Å². The number of hydrogen-bond acceptors (Lipinski definition) is 5. The van der Waals surface area contributed by atoms with Crippen LogP contribution in [0.25, 0.3) is 11.0 Å². The zero-order chi connectivity index (χ0) is 17.2. The highest BCUT2D eigenvalue weighted by molar-refractivity contribution is 5.77. The number of aromatic amines is 1. The van der Waals surface area contributed by atoms with E-state index in [1.165, 1.54) is 0 Å². The molecule has 0 unspecified atom stereocenters. The Balaban J connectivity index is 1.39. The maximum atomic E-state index is 12.6. The van der Waals surface area contributed by atoms with Crippen LogP contribution < -0.4 is 0 Å². The molecule has 4 rings (SSSR count). The number of nitrogens with zero attached hydrogens (tertiary/aromatic N) is 5. The van der Waals surface area contributed by atoms with Crippen LogP contribution >= 0.6 is 0 Å². The molecule has 2 aromatic heterocycles. The number of imidazole rings is 1. The molecule has 130 valence electrons. The Hall–Kier alpha value is -2.74. The zero-order valence-corrected chi connectivity index (χ0v) is 14.1. The topological polar surface area (TPSA) is 88.9 Å². The van der Waals surface area contributed by atoms with Crippen LogP contribution in [0.4, 0.5) is 0 Å². The lowest BCUT2D eigenvalue weighted by molar-refractivity contribution is -0.139. The molecule has 3 heterocycles. The fourth-order valence-corrected chi connectivity index (χ4v) is 3.10. The Morgan fingerprint density at radius 2 is 2.28 bits per heavy atom. The van der Waals surface area contributed by atoms with Gasteiger partial charge in [-0.15, -0.1) is 0 Å². The Kier molecular flexibility index (Phi) is 4.19. The third-order valence-corrected chi connectivity index (χ3v) is 4.42. The van der Waals surface area contributed by atoms with Gasteiger partial charge in [-0.05, 0) is 19.1 Å². The Morgan fingerprint density at radius 3 is 3.12 bits per heavy atom. The Bertz CT molecular complexity index is 886. The quantitative estimate of drug-likeness (QED) is 0.776. The summed E-state index contributed by atoms with van der Waals surface area (Å²) >= 11 is 0. The molecule has 0 aliphatic carbocycles. The number of rotatable bonds is 4. The molecule has 8 heteroatoms. The second kappa shape index (κ2) is 6.64. The fraction of sp³-hybridized carbons (Fsp3) is 0.412. The number of para-hydroxylation sites is 2. The predicted octanol–water partition coefficient (Wildman–Crippen LogP) is 1.45. The minimum Gasteiger partial charge on any atom is -0.366 e. The van der Waals surface area contributed by atoms with Crippen molar-refractivity contribution in [3.63, 3.8) is 0 Å². The first-order chi connectivity index (χ1) is 12.2. The summed E-state index contributed by atoms with van der Waals surface area (Å²) in [5.74, 6) is 1.46. The van der Waals surface area contributed by atoms with E-state index in [0.717, 1.165) is 16.9 Å². The second-order valence-corrected chi connectivity index (χ2v) is 6.15. The molecule has 1 saturated heterocycles. The predicted molar refractivity (Wildman–Crippen MR) is 90.7 cm³/mol. The Morgan fingerprint density at radius 1 is 1.40 bits per heavy atom. The van der Waals surface area contributed by atoms with E-state index in [9.17, 15) is 4.79 Å². The SMILES string of the molecule is Cc1nc([C@H]2CN(C(=O)CCn3cnc4ccccc43)CCO2)n[nH]1. The first-order valence-corrected chi connectivity index (χ1v) is 8.39. The number of amides is 1. The van der Waals surface area contributed by atoms with E-state index >= 15 is 0 Å². The highest BCUT2D eigenvalue weighted by atomic mass is 16.5. The third-order valence-electron chi connectivity index (χ3n) is 4.42. The van der Waals surface area contributed by atoms with Gasteiger partial charge in [0.05, 0.1) is 30.5 Å². The number of aromatic nitrogens is 5. The van der Waals surface area contributed by atoms with Crippen LogP contribution in [0.5, 0.6) is 0 Å². The van der Waals surface area contributed by atoms with Crippen LogP contribution in [0.3, 0.4) is 0 Å². The van der Waals surface area contributed by atoms with Crippen LogP contribution in [-0.2, 0) is 16.1 Å². The van der Waals surface area contributed by atoms with Crippen molar-refractivity contribution >= 4 is 16.9 Å². The molecular weight excluding hydrogens is 320 g/mol. The summed E-state index contributed by atoms with van der Waals surface area (Å²) < 4.78 is 7.73. The van der Waals surface area contributed by atoms with E-state index in [1.54, 1.807) is 6.33 Å². The molecule has 0 bridgehead atoms. The van der Waals surface area contributed by atoms with Crippen LogP contribution in [0, 0.1) is 6.92 Å². The molecule has 3 aromatic rings. The second-order valence-electron chi connectivity index (χ2n) is 6.15. The normalized spacial score (nSPS) is 18.0. The van der Waals surface area contributed by atoms with Gasteiger partial charge in [0.25, 0.3) is 0 Å². The van der Waals surface area contributed by atoms with E-state index in [1.807, 2.05) is 40.7 Å². The van der Waals surface area contributed by atoms with Crippen molar-refractivity contribution in [2.75, 3.05) is 19.7 Å². The van der Waals surface area contributed by atoms with Gasteiger partial charge in [0, 0.05) is 19.5 Å². The summed E-state index contributed by atoms with van der Waals surface area (Å²) in [6.07, 6.45) is 1.95. The maximum Gasteiger partial charge on any atom is 0.224 e. The van der Waals surface area contributed by atoms with Gasteiger partial charge in [0.15, 0.2) is 5.82 Å². The Labute approximate surface area is 144 Å². The van der Waals surface area contributed by atoms with Crippen LogP contribution in [-0.4, -0.2) is 55.2 Å². The third kappa shape index (κ3) is 3.25. The molecule has 1 aliphatic heterocycles. The molecule has 0 radical (unpaired) electrons. The molecule has 1 N–H and O–H groups in total. The first-order valence-electron chi connectivity index (χ1n) is 8.39. The van der Waals surface area contributed by atoms with Crippen LogP contribution in [0.2, 0.25) is 0 Å². The molecule has 1 amide bonds. The molecule has 8 nitrogen and oxygen atoms in total. The molecule has 1 aromatic carbocycles. The summed E-state index contributed by atoms with van der Waals surface area (Å²) in [7, 11) is 0. The number of morpholine rings is 1. The number of aryl methyl sites for hydroxylation is 2. The van der Waals surface area contributed by atoms with Gasteiger partial charge in [-0.2, -0.15) is 5.10 Å². The van der Waals surface area contributed by atoms with Crippen molar-refractivity contribution in [1.29, 1.82) is 0 Å². The lowest BCUT2D eigenvalue weighted by Gasteiger charge is -2.31. The van der Waals surface area contributed by atoms with Crippen molar-refractivity contribution < 1.29 is 9.53 Å². The summed E-state index contributed by atoms with van der Waals surface area (Å²) in [5.41, 5.74) is 1.99. The minimum absolute atomic E-state index is 0.110. The monoisotopic (exact) mass is 340 g/mol. The minimum atomic E-state index is -0.267. The molecular formula is C17H20N6O2. The first kappa shape index (κ1) is 15.8. The van der Waals surface area contributed by atoms with Gasteiger partial charge in [-0.1, -0.05) is 12.1 Å². The molecule has 25 heavy (non-hydrogen) atoms. The van der Waals surface area contributed by atoms with E-state index < -0.39 is 0 Å². The maximum absolute atomic E-state index is 12.6. The van der Waals surface area contributed by atoms with E-state index in [0.29, 0.717) is 38.5 Å². The van der Waals surface area contributed by atoms with Crippen molar-refractivity contribution in [2.45, 2.75) is 26.0 Å². The van der Waals surface area contributed by atoms with Gasteiger partial charge in [0.2, 0.25) is 5.91 Å². The number of fused-ring (bicyclic) bond motifs is 1. The standard InChI is InChI=1S/C17H20N6O2/c1-12-19-17(21-20-12)15-10-22(8-9-25-15)16(24)6-7-23-11-18-13-4-2-3-5-14(13)23/h2-5,11,15H,6-10H2,1H3,(H,19,20,21)/t15-/m1/s1.